The SMILES string of the molecule is COc1cc(O)cc(O)c1CC(C)O. The molecule has 14 heavy (non-hydrogen) atoms. The van der Waals surface area contributed by atoms with Crippen molar-refractivity contribution in [3.63, 3.8) is 0 Å². The van der Waals surface area contributed by atoms with E-state index in [0.29, 0.717) is 11.3 Å². The van der Waals surface area contributed by atoms with Crippen LogP contribution in [0.15, 0.2) is 12.1 Å². The second-order valence-corrected chi connectivity index (χ2v) is 3.20. The molecule has 0 amide bonds. The van der Waals surface area contributed by atoms with Gasteiger partial charge in [0.05, 0.1) is 13.2 Å². The standard InChI is InChI=1S/C10H14O4/c1-6(11)3-8-9(13)4-7(12)5-10(8)14-2/h4-6,11-13H,3H2,1-2H3. The van der Waals surface area contributed by atoms with E-state index in [1.165, 1.54) is 19.2 Å². The molecule has 3 N–H and O–H groups in total. The van der Waals surface area contributed by atoms with Gasteiger partial charge in [0, 0.05) is 24.1 Å². The van der Waals surface area contributed by atoms with E-state index < -0.39 is 6.10 Å². The number of rotatable bonds is 3. The molecule has 0 aliphatic heterocycles. The first kappa shape index (κ1) is 10.7. The number of benzene rings is 1. The average Bonchev–Trinajstić information content (AvgIpc) is 2.08. The average molecular weight is 198 g/mol. The Bertz CT molecular complexity index is 320. The second kappa shape index (κ2) is 4.19. The third-order valence-electron chi connectivity index (χ3n) is 1.89. The fourth-order valence-corrected chi connectivity index (χ4v) is 1.30. The van der Waals surface area contributed by atoms with Crippen LogP contribution in [0.5, 0.6) is 17.2 Å². The number of aliphatic hydroxyl groups is 1. The highest BCUT2D eigenvalue weighted by Gasteiger charge is 2.12. The van der Waals surface area contributed by atoms with Crippen molar-refractivity contribution < 1.29 is 20.1 Å². The lowest BCUT2D eigenvalue weighted by molar-refractivity contribution is 0.192. The number of hydrogen-bond donors (Lipinski definition) is 3. The summed E-state index contributed by atoms with van der Waals surface area (Å²) in [5.74, 6) is 0.250. The number of hydrogen-bond acceptors (Lipinski definition) is 4. The first-order valence-corrected chi connectivity index (χ1v) is 4.31. The summed E-state index contributed by atoms with van der Waals surface area (Å²) in [7, 11) is 1.44. The molecule has 1 aromatic rings. The summed E-state index contributed by atoms with van der Waals surface area (Å²) >= 11 is 0. The zero-order valence-corrected chi connectivity index (χ0v) is 8.19. The Balaban J connectivity index is 3.11. The fourth-order valence-electron chi connectivity index (χ4n) is 1.30. The van der Waals surface area contributed by atoms with Gasteiger partial charge in [0.2, 0.25) is 0 Å². The molecule has 0 aliphatic carbocycles. The molecule has 4 heteroatoms. The van der Waals surface area contributed by atoms with Gasteiger partial charge in [-0.3, -0.25) is 0 Å². The Morgan fingerprint density at radius 2 is 2.00 bits per heavy atom. The van der Waals surface area contributed by atoms with Gasteiger partial charge in [0.15, 0.2) is 0 Å². The molecule has 0 saturated heterocycles. The fraction of sp³-hybridized carbons (Fsp3) is 0.400. The van der Waals surface area contributed by atoms with Crippen molar-refractivity contribution in [1.82, 2.24) is 0 Å². The summed E-state index contributed by atoms with van der Waals surface area (Å²) < 4.78 is 4.98. The van der Waals surface area contributed by atoms with Gasteiger partial charge in [0.1, 0.15) is 17.2 Å². The zero-order valence-electron chi connectivity index (χ0n) is 8.19. The Labute approximate surface area is 82.4 Å². The highest BCUT2D eigenvalue weighted by atomic mass is 16.5. The number of phenolic OH excluding ortho intramolecular Hbond substituents is 2. The van der Waals surface area contributed by atoms with Gasteiger partial charge in [-0.2, -0.15) is 0 Å². The maximum Gasteiger partial charge on any atom is 0.129 e. The van der Waals surface area contributed by atoms with Crippen molar-refractivity contribution in [1.29, 1.82) is 0 Å². The molecule has 0 aliphatic rings. The number of phenols is 2. The Morgan fingerprint density at radius 3 is 2.50 bits per heavy atom. The maximum absolute atomic E-state index is 9.50. The van der Waals surface area contributed by atoms with E-state index in [1.807, 2.05) is 0 Å². The Morgan fingerprint density at radius 1 is 1.36 bits per heavy atom. The van der Waals surface area contributed by atoms with Crippen molar-refractivity contribution in [2.24, 2.45) is 0 Å². The predicted octanol–water partition coefficient (Wildman–Crippen LogP) is 1.03. The van der Waals surface area contributed by atoms with Crippen molar-refractivity contribution in [2.45, 2.75) is 19.4 Å². The van der Waals surface area contributed by atoms with Gasteiger partial charge in [-0.15, -0.1) is 0 Å². The molecule has 0 aromatic heterocycles. The molecule has 0 saturated carbocycles. The van der Waals surface area contributed by atoms with E-state index >= 15 is 0 Å². The number of aliphatic hydroxyl groups excluding tert-OH is 1. The van der Waals surface area contributed by atoms with Crippen LogP contribution in [0.1, 0.15) is 12.5 Å². The molecule has 78 valence electrons. The van der Waals surface area contributed by atoms with Crippen molar-refractivity contribution in [3.8, 4) is 17.2 Å². The van der Waals surface area contributed by atoms with E-state index in [0.717, 1.165) is 0 Å². The van der Waals surface area contributed by atoms with Crippen molar-refractivity contribution in [3.05, 3.63) is 17.7 Å². The minimum atomic E-state index is -0.570. The largest absolute Gasteiger partial charge is 0.508 e. The lowest BCUT2D eigenvalue weighted by Crippen LogP contribution is -2.06. The monoisotopic (exact) mass is 198 g/mol. The third-order valence-corrected chi connectivity index (χ3v) is 1.89. The molecule has 4 nitrogen and oxygen atoms in total. The maximum atomic E-state index is 9.50. The van der Waals surface area contributed by atoms with Crippen LogP contribution in [0, 0.1) is 0 Å². The molecule has 1 unspecified atom stereocenters. The number of methoxy groups -OCH3 is 1. The lowest BCUT2D eigenvalue weighted by atomic mass is 10.1. The van der Waals surface area contributed by atoms with Crippen LogP contribution >= 0.6 is 0 Å². The second-order valence-electron chi connectivity index (χ2n) is 3.20. The predicted molar refractivity (Wildman–Crippen MR) is 51.7 cm³/mol. The summed E-state index contributed by atoms with van der Waals surface area (Å²) in [6, 6.07) is 2.62. The molecule has 0 spiro atoms. The van der Waals surface area contributed by atoms with E-state index in [1.54, 1.807) is 6.92 Å². The molecule has 0 radical (unpaired) electrons. The summed E-state index contributed by atoms with van der Waals surface area (Å²) in [4.78, 5) is 0. The van der Waals surface area contributed by atoms with Crippen molar-refractivity contribution in [2.75, 3.05) is 7.11 Å². The molecule has 0 bridgehead atoms. The molecule has 0 heterocycles. The van der Waals surface area contributed by atoms with Crippen LogP contribution in [-0.4, -0.2) is 28.5 Å². The smallest absolute Gasteiger partial charge is 0.129 e. The Hall–Kier alpha value is -1.42. The minimum Gasteiger partial charge on any atom is -0.508 e. The molecule has 1 rings (SSSR count). The normalized spacial score (nSPS) is 12.5. The third kappa shape index (κ3) is 2.29. The van der Waals surface area contributed by atoms with Crippen LogP contribution in [0.2, 0.25) is 0 Å². The first-order valence-electron chi connectivity index (χ1n) is 4.31. The van der Waals surface area contributed by atoms with Crippen LogP contribution < -0.4 is 4.74 Å². The first-order chi connectivity index (χ1) is 6.54. The van der Waals surface area contributed by atoms with E-state index in [4.69, 9.17) is 4.74 Å². The van der Waals surface area contributed by atoms with Gasteiger partial charge in [0.25, 0.3) is 0 Å². The molecule has 0 fully saturated rings. The summed E-state index contributed by atoms with van der Waals surface area (Å²) in [6.45, 7) is 1.62. The molecule has 1 aromatic carbocycles. The molecular formula is C10H14O4. The number of aromatic hydroxyl groups is 2. The summed E-state index contributed by atoms with van der Waals surface area (Å²) in [5, 5.41) is 27.9. The quantitative estimate of drug-likeness (QED) is 0.678. The highest BCUT2D eigenvalue weighted by molar-refractivity contribution is 5.49. The van der Waals surface area contributed by atoms with E-state index in [2.05, 4.69) is 0 Å². The van der Waals surface area contributed by atoms with E-state index in [-0.39, 0.29) is 17.9 Å². The zero-order chi connectivity index (χ0) is 10.7. The lowest BCUT2D eigenvalue weighted by Gasteiger charge is -2.12. The van der Waals surface area contributed by atoms with E-state index in [9.17, 15) is 15.3 Å². The van der Waals surface area contributed by atoms with Gasteiger partial charge in [-0.25, -0.2) is 0 Å². The van der Waals surface area contributed by atoms with Gasteiger partial charge >= 0.3 is 0 Å². The van der Waals surface area contributed by atoms with Crippen LogP contribution in [-0.2, 0) is 6.42 Å². The number of ether oxygens (including phenoxy) is 1. The van der Waals surface area contributed by atoms with Crippen LogP contribution in [0.25, 0.3) is 0 Å². The van der Waals surface area contributed by atoms with Gasteiger partial charge in [-0.1, -0.05) is 0 Å². The summed E-state index contributed by atoms with van der Waals surface area (Å²) in [6.07, 6.45) is -0.283. The molecular weight excluding hydrogens is 184 g/mol. The topological polar surface area (TPSA) is 69.9 Å². The summed E-state index contributed by atoms with van der Waals surface area (Å²) in [5.41, 5.74) is 0.500. The highest BCUT2D eigenvalue weighted by Crippen LogP contribution is 2.33. The molecule has 1 atom stereocenters. The van der Waals surface area contributed by atoms with Gasteiger partial charge in [-0.05, 0) is 6.92 Å². The van der Waals surface area contributed by atoms with Crippen LogP contribution in [0.4, 0.5) is 0 Å². The minimum absolute atomic E-state index is 0.0614. The van der Waals surface area contributed by atoms with Crippen LogP contribution in [0.3, 0.4) is 0 Å². The Kier molecular flexibility index (Phi) is 3.19. The van der Waals surface area contributed by atoms with Gasteiger partial charge < -0.3 is 20.1 Å². The van der Waals surface area contributed by atoms with Crippen molar-refractivity contribution >= 4 is 0 Å².